The number of hydrogen-bond acceptors (Lipinski definition) is 4. The van der Waals surface area contributed by atoms with E-state index < -0.39 is 12.6 Å². The van der Waals surface area contributed by atoms with E-state index in [1.807, 2.05) is 12.1 Å². The molecule has 0 bridgehead atoms. The highest BCUT2D eigenvalue weighted by Gasteiger charge is 2.25. The standard InChI is InChI=1S/C13H16O4/c14-7-6-9-4-5-11-10(9)2-1-3-12(11)17-13(16)8-15/h1-3,9,14-15H,4-8H2. The minimum Gasteiger partial charge on any atom is -0.425 e. The van der Waals surface area contributed by atoms with Crippen molar-refractivity contribution in [3.63, 3.8) is 0 Å². The van der Waals surface area contributed by atoms with Gasteiger partial charge in [-0.15, -0.1) is 0 Å². The second-order valence-electron chi connectivity index (χ2n) is 4.20. The second-order valence-corrected chi connectivity index (χ2v) is 4.20. The van der Waals surface area contributed by atoms with Crippen LogP contribution in [0.4, 0.5) is 0 Å². The van der Waals surface area contributed by atoms with Gasteiger partial charge >= 0.3 is 5.97 Å². The predicted octanol–water partition coefficient (Wildman–Crippen LogP) is 0.997. The molecule has 0 amide bonds. The average Bonchev–Trinajstić information content (AvgIpc) is 2.74. The Labute approximate surface area is 99.8 Å². The zero-order valence-corrected chi connectivity index (χ0v) is 9.56. The molecule has 1 aliphatic carbocycles. The van der Waals surface area contributed by atoms with Crippen LogP contribution in [-0.4, -0.2) is 29.4 Å². The quantitative estimate of drug-likeness (QED) is 0.604. The number of hydrogen-bond donors (Lipinski definition) is 2. The number of aliphatic hydroxyl groups excluding tert-OH is 2. The zero-order valence-electron chi connectivity index (χ0n) is 9.56. The van der Waals surface area contributed by atoms with Crippen LogP contribution in [0.25, 0.3) is 0 Å². The van der Waals surface area contributed by atoms with Crippen LogP contribution < -0.4 is 4.74 Å². The number of ether oxygens (including phenoxy) is 1. The molecule has 2 N–H and O–H groups in total. The maximum Gasteiger partial charge on any atom is 0.337 e. The summed E-state index contributed by atoms with van der Waals surface area (Å²) in [5.74, 6) is 0.258. The fourth-order valence-electron chi connectivity index (χ4n) is 2.41. The molecule has 92 valence electrons. The molecule has 2 rings (SSSR count). The molecule has 0 heterocycles. The van der Waals surface area contributed by atoms with E-state index in [0.29, 0.717) is 11.7 Å². The zero-order chi connectivity index (χ0) is 12.3. The van der Waals surface area contributed by atoms with Crippen LogP contribution in [0.2, 0.25) is 0 Å². The first-order valence-corrected chi connectivity index (χ1v) is 5.80. The summed E-state index contributed by atoms with van der Waals surface area (Å²) >= 11 is 0. The molecule has 1 aromatic rings. The van der Waals surface area contributed by atoms with Gasteiger partial charge in [-0.3, -0.25) is 0 Å². The molecule has 1 atom stereocenters. The molecule has 1 aromatic carbocycles. The normalized spacial score (nSPS) is 17.9. The molecule has 0 aromatic heterocycles. The van der Waals surface area contributed by atoms with Crippen molar-refractivity contribution < 1.29 is 19.7 Å². The third-order valence-corrected chi connectivity index (χ3v) is 3.18. The van der Waals surface area contributed by atoms with E-state index in [2.05, 4.69) is 0 Å². The first-order valence-electron chi connectivity index (χ1n) is 5.80. The van der Waals surface area contributed by atoms with Crippen LogP contribution in [0.5, 0.6) is 5.75 Å². The maximum absolute atomic E-state index is 11.1. The summed E-state index contributed by atoms with van der Waals surface area (Å²) in [4.78, 5) is 11.1. The first kappa shape index (κ1) is 12.1. The number of carbonyl (C=O) groups excluding carboxylic acids is 1. The van der Waals surface area contributed by atoms with Gasteiger partial charge in [-0.25, -0.2) is 4.79 Å². The molecule has 0 fully saturated rings. The Morgan fingerprint density at radius 2 is 2.24 bits per heavy atom. The minimum atomic E-state index is -0.635. The second kappa shape index (κ2) is 5.29. The van der Waals surface area contributed by atoms with Gasteiger partial charge in [0.1, 0.15) is 12.4 Å². The van der Waals surface area contributed by atoms with Gasteiger partial charge in [-0.05, 0) is 42.4 Å². The molecule has 0 saturated carbocycles. The summed E-state index contributed by atoms with van der Waals surface area (Å²) < 4.78 is 5.08. The molecule has 0 spiro atoms. The van der Waals surface area contributed by atoms with Crippen molar-refractivity contribution in [3.05, 3.63) is 29.3 Å². The smallest absolute Gasteiger partial charge is 0.337 e. The summed E-state index contributed by atoms with van der Waals surface area (Å²) in [7, 11) is 0. The van der Waals surface area contributed by atoms with Crippen molar-refractivity contribution in [1.82, 2.24) is 0 Å². The van der Waals surface area contributed by atoms with E-state index in [4.69, 9.17) is 14.9 Å². The largest absolute Gasteiger partial charge is 0.425 e. The molecule has 0 saturated heterocycles. The third-order valence-electron chi connectivity index (χ3n) is 3.18. The number of carbonyl (C=O) groups is 1. The van der Waals surface area contributed by atoms with Crippen LogP contribution in [-0.2, 0) is 11.2 Å². The lowest BCUT2D eigenvalue weighted by molar-refractivity contribution is -0.137. The highest BCUT2D eigenvalue weighted by molar-refractivity contribution is 5.74. The van der Waals surface area contributed by atoms with E-state index in [0.717, 1.165) is 30.4 Å². The number of esters is 1. The molecular formula is C13H16O4. The fraction of sp³-hybridized carbons (Fsp3) is 0.462. The van der Waals surface area contributed by atoms with E-state index in [1.165, 1.54) is 0 Å². The Morgan fingerprint density at radius 1 is 1.41 bits per heavy atom. The van der Waals surface area contributed by atoms with E-state index in [9.17, 15) is 4.79 Å². The summed E-state index contributed by atoms with van der Waals surface area (Å²) in [6.45, 7) is -0.436. The average molecular weight is 236 g/mol. The van der Waals surface area contributed by atoms with Gasteiger partial charge in [0.2, 0.25) is 0 Å². The van der Waals surface area contributed by atoms with Crippen LogP contribution in [0.1, 0.15) is 29.9 Å². The summed E-state index contributed by atoms with van der Waals surface area (Å²) in [6.07, 6.45) is 2.57. The Hall–Kier alpha value is -1.39. The lowest BCUT2D eigenvalue weighted by atomic mass is 9.98. The SMILES string of the molecule is O=C(CO)Oc1cccc2c1CCC2CCO. The predicted molar refractivity (Wildman–Crippen MR) is 61.9 cm³/mol. The van der Waals surface area contributed by atoms with E-state index in [1.54, 1.807) is 6.07 Å². The Kier molecular flexibility index (Phi) is 3.76. The molecular weight excluding hydrogens is 220 g/mol. The number of aliphatic hydroxyl groups is 2. The third kappa shape index (κ3) is 2.48. The van der Waals surface area contributed by atoms with Crippen molar-refractivity contribution in [1.29, 1.82) is 0 Å². The molecule has 0 radical (unpaired) electrons. The number of rotatable bonds is 4. The topological polar surface area (TPSA) is 66.8 Å². The van der Waals surface area contributed by atoms with Gasteiger partial charge in [0.25, 0.3) is 0 Å². The van der Waals surface area contributed by atoms with Crippen LogP contribution in [0.15, 0.2) is 18.2 Å². The first-order chi connectivity index (χ1) is 8.26. The highest BCUT2D eigenvalue weighted by atomic mass is 16.5. The fourth-order valence-corrected chi connectivity index (χ4v) is 2.41. The molecule has 4 nitrogen and oxygen atoms in total. The van der Waals surface area contributed by atoms with Crippen LogP contribution in [0.3, 0.4) is 0 Å². The van der Waals surface area contributed by atoms with Gasteiger partial charge in [0.15, 0.2) is 0 Å². The van der Waals surface area contributed by atoms with Gasteiger partial charge in [-0.2, -0.15) is 0 Å². The Balaban J connectivity index is 2.23. The molecule has 0 aliphatic heterocycles. The Bertz CT molecular complexity index is 414. The Morgan fingerprint density at radius 3 is 2.94 bits per heavy atom. The van der Waals surface area contributed by atoms with Gasteiger partial charge in [0, 0.05) is 6.61 Å². The minimum absolute atomic E-state index is 0.171. The summed E-state index contributed by atoms with van der Waals surface area (Å²) in [5.41, 5.74) is 2.19. The van der Waals surface area contributed by atoms with Gasteiger partial charge in [-0.1, -0.05) is 12.1 Å². The van der Waals surface area contributed by atoms with Crippen LogP contribution >= 0.6 is 0 Å². The highest BCUT2D eigenvalue weighted by Crippen LogP contribution is 2.39. The van der Waals surface area contributed by atoms with Crippen molar-refractivity contribution >= 4 is 5.97 Å². The molecule has 4 heteroatoms. The van der Waals surface area contributed by atoms with Gasteiger partial charge < -0.3 is 14.9 Å². The lowest BCUT2D eigenvalue weighted by Gasteiger charge is -2.11. The molecule has 1 aliphatic rings. The molecule has 17 heavy (non-hydrogen) atoms. The summed E-state index contributed by atoms with van der Waals surface area (Å²) in [5, 5.41) is 17.7. The number of benzene rings is 1. The van der Waals surface area contributed by atoms with E-state index >= 15 is 0 Å². The van der Waals surface area contributed by atoms with Gasteiger partial charge in [0.05, 0.1) is 0 Å². The lowest BCUT2D eigenvalue weighted by Crippen LogP contribution is -2.13. The monoisotopic (exact) mass is 236 g/mol. The van der Waals surface area contributed by atoms with Crippen molar-refractivity contribution in [2.24, 2.45) is 0 Å². The van der Waals surface area contributed by atoms with E-state index in [-0.39, 0.29) is 6.61 Å². The number of fused-ring (bicyclic) bond motifs is 1. The maximum atomic E-state index is 11.1. The van der Waals surface area contributed by atoms with Crippen molar-refractivity contribution in [3.8, 4) is 5.75 Å². The molecule has 1 unspecified atom stereocenters. The van der Waals surface area contributed by atoms with Crippen molar-refractivity contribution in [2.75, 3.05) is 13.2 Å². The van der Waals surface area contributed by atoms with Crippen molar-refractivity contribution in [2.45, 2.75) is 25.2 Å². The summed E-state index contributed by atoms with van der Waals surface area (Å²) in [6, 6.07) is 5.60. The van der Waals surface area contributed by atoms with Crippen LogP contribution in [0, 0.1) is 0 Å².